The first-order valence-corrected chi connectivity index (χ1v) is 8.61. The largest absolute Gasteiger partial charge is 0.376 e. The maximum atomic E-state index is 11.9. The lowest BCUT2D eigenvalue weighted by Crippen LogP contribution is -2.22. The van der Waals surface area contributed by atoms with Crippen molar-refractivity contribution in [2.45, 2.75) is 11.8 Å². The quantitative estimate of drug-likeness (QED) is 0.767. The topological polar surface area (TPSA) is 101 Å². The lowest BCUT2D eigenvalue weighted by molar-refractivity contribution is -0.114. The number of sulfonamides is 1. The Morgan fingerprint density at radius 1 is 1.22 bits per heavy atom. The van der Waals surface area contributed by atoms with E-state index in [1.807, 2.05) is 31.2 Å². The van der Waals surface area contributed by atoms with Crippen LogP contribution in [0.2, 0.25) is 5.02 Å². The number of primary sulfonamides is 1. The Balaban J connectivity index is 2.00. The first kappa shape index (κ1) is 17.3. The molecule has 0 bridgehead atoms. The number of carbonyl (C=O) groups is 1. The third-order valence-corrected chi connectivity index (χ3v) is 4.24. The van der Waals surface area contributed by atoms with Crippen molar-refractivity contribution in [2.24, 2.45) is 5.14 Å². The smallest absolute Gasteiger partial charge is 0.243 e. The highest BCUT2D eigenvalue weighted by molar-refractivity contribution is 7.89. The van der Waals surface area contributed by atoms with E-state index in [1.54, 1.807) is 0 Å². The van der Waals surface area contributed by atoms with Gasteiger partial charge in [-0.15, -0.1) is 0 Å². The lowest BCUT2D eigenvalue weighted by Gasteiger charge is -2.10. The van der Waals surface area contributed by atoms with E-state index in [-0.39, 0.29) is 22.4 Å². The Bertz CT molecular complexity index is 838. The Morgan fingerprint density at radius 2 is 1.96 bits per heavy atom. The highest BCUT2D eigenvalue weighted by Gasteiger charge is 2.12. The standard InChI is InChI=1S/C15H16ClN3O3S/c1-10-3-2-4-11(7-10)18-9-15(20)19-14-6-5-12(8-13(14)16)23(17,21)22/h2-8,18H,9H2,1H3,(H,19,20)(H2,17,21,22). The van der Waals surface area contributed by atoms with Crippen molar-refractivity contribution >= 4 is 38.9 Å². The molecule has 2 rings (SSSR count). The van der Waals surface area contributed by atoms with Crippen LogP contribution in [-0.2, 0) is 14.8 Å². The molecule has 0 radical (unpaired) electrons. The van der Waals surface area contributed by atoms with Crippen LogP contribution < -0.4 is 15.8 Å². The van der Waals surface area contributed by atoms with Crippen LogP contribution in [0.4, 0.5) is 11.4 Å². The molecular weight excluding hydrogens is 338 g/mol. The number of aryl methyl sites for hydroxylation is 1. The second kappa shape index (κ2) is 6.99. The Labute approximate surface area is 139 Å². The van der Waals surface area contributed by atoms with Crippen LogP contribution in [0, 0.1) is 6.92 Å². The predicted molar refractivity (Wildman–Crippen MR) is 91.1 cm³/mol. The molecule has 8 heteroatoms. The van der Waals surface area contributed by atoms with Gasteiger partial charge in [0, 0.05) is 5.69 Å². The number of benzene rings is 2. The van der Waals surface area contributed by atoms with E-state index in [2.05, 4.69) is 10.6 Å². The minimum atomic E-state index is -3.83. The van der Waals surface area contributed by atoms with E-state index >= 15 is 0 Å². The van der Waals surface area contributed by atoms with Crippen LogP contribution in [0.5, 0.6) is 0 Å². The number of anilines is 2. The van der Waals surface area contributed by atoms with Crippen LogP contribution >= 0.6 is 11.6 Å². The molecule has 0 aromatic heterocycles. The molecule has 0 atom stereocenters. The molecule has 0 heterocycles. The summed E-state index contributed by atoms with van der Waals surface area (Å²) in [6.45, 7) is 2.01. The first-order chi connectivity index (χ1) is 10.8. The highest BCUT2D eigenvalue weighted by atomic mass is 35.5. The Hall–Kier alpha value is -2.09. The summed E-state index contributed by atoms with van der Waals surface area (Å²) in [7, 11) is -3.83. The third kappa shape index (κ3) is 4.95. The van der Waals surface area contributed by atoms with Crippen LogP contribution in [0.3, 0.4) is 0 Å². The van der Waals surface area contributed by atoms with Gasteiger partial charge in [-0.2, -0.15) is 0 Å². The van der Waals surface area contributed by atoms with E-state index < -0.39 is 10.0 Å². The van der Waals surface area contributed by atoms with Gasteiger partial charge < -0.3 is 10.6 Å². The lowest BCUT2D eigenvalue weighted by atomic mass is 10.2. The molecule has 4 N–H and O–H groups in total. The van der Waals surface area contributed by atoms with Crippen LogP contribution in [-0.4, -0.2) is 20.9 Å². The molecule has 2 aromatic carbocycles. The molecule has 0 saturated heterocycles. The van der Waals surface area contributed by atoms with Gasteiger partial charge >= 0.3 is 0 Å². The fraction of sp³-hybridized carbons (Fsp3) is 0.133. The first-order valence-electron chi connectivity index (χ1n) is 6.68. The van der Waals surface area contributed by atoms with E-state index in [0.717, 1.165) is 11.3 Å². The molecule has 0 fully saturated rings. The molecule has 23 heavy (non-hydrogen) atoms. The summed E-state index contributed by atoms with van der Waals surface area (Å²) < 4.78 is 22.5. The second-order valence-electron chi connectivity index (χ2n) is 4.96. The van der Waals surface area contributed by atoms with Gasteiger partial charge in [-0.1, -0.05) is 23.7 Å². The number of carbonyl (C=O) groups excluding carboxylic acids is 1. The van der Waals surface area contributed by atoms with Gasteiger partial charge in [-0.05, 0) is 42.8 Å². The van der Waals surface area contributed by atoms with E-state index in [0.29, 0.717) is 5.69 Å². The number of nitrogens with two attached hydrogens (primary N) is 1. The van der Waals surface area contributed by atoms with Gasteiger partial charge in [0.25, 0.3) is 0 Å². The fourth-order valence-electron chi connectivity index (χ4n) is 1.91. The fourth-order valence-corrected chi connectivity index (χ4v) is 2.74. The zero-order valence-electron chi connectivity index (χ0n) is 12.3. The summed E-state index contributed by atoms with van der Waals surface area (Å²) >= 11 is 5.96. The van der Waals surface area contributed by atoms with E-state index in [1.165, 1.54) is 18.2 Å². The Kier molecular flexibility index (Phi) is 5.25. The number of amides is 1. The van der Waals surface area contributed by atoms with Crippen LogP contribution in [0.1, 0.15) is 5.56 Å². The monoisotopic (exact) mass is 353 g/mol. The number of hydrogen-bond acceptors (Lipinski definition) is 4. The molecule has 2 aromatic rings. The van der Waals surface area contributed by atoms with Gasteiger partial charge in [0.2, 0.25) is 15.9 Å². The molecule has 122 valence electrons. The van der Waals surface area contributed by atoms with Crippen molar-refractivity contribution < 1.29 is 13.2 Å². The number of halogens is 1. The molecule has 0 aliphatic carbocycles. The highest BCUT2D eigenvalue weighted by Crippen LogP contribution is 2.24. The summed E-state index contributed by atoms with van der Waals surface area (Å²) in [5, 5.41) is 10.7. The zero-order valence-corrected chi connectivity index (χ0v) is 13.9. The molecule has 6 nitrogen and oxygen atoms in total. The van der Waals surface area contributed by atoms with Gasteiger partial charge in [0.05, 0.1) is 22.2 Å². The van der Waals surface area contributed by atoms with E-state index in [4.69, 9.17) is 16.7 Å². The Morgan fingerprint density at radius 3 is 2.57 bits per heavy atom. The van der Waals surface area contributed by atoms with Crippen molar-refractivity contribution in [2.75, 3.05) is 17.2 Å². The maximum absolute atomic E-state index is 11.9. The molecular formula is C15H16ClN3O3S. The average Bonchev–Trinajstić information content (AvgIpc) is 2.46. The van der Waals surface area contributed by atoms with Crippen LogP contribution in [0.15, 0.2) is 47.4 Å². The van der Waals surface area contributed by atoms with Gasteiger partial charge in [0.1, 0.15) is 0 Å². The zero-order chi connectivity index (χ0) is 17.0. The molecule has 0 aliphatic heterocycles. The van der Waals surface area contributed by atoms with Crippen molar-refractivity contribution in [1.82, 2.24) is 0 Å². The van der Waals surface area contributed by atoms with Gasteiger partial charge in [-0.25, -0.2) is 13.6 Å². The van der Waals surface area contributed by atoms with Gasteiger partial charge in [0.15, 0.2) is 0 Å². The number of nitrogens with one attached hydrogen (secondary N) is 2. The van der Waals surface area contributed by atoms with Crippen molar-refractivity contribution in [1.29, 1.82) is 0 Å². The summed E-state index contributed by atoms with van der Waals surface area (Å²) in [5.41, 5.74) is 2.22. The number of hydrogen-bond donors (Lipinski definition) is 3. The summed E-state index contributed by atoms with van der Waals surface area (Å²) in [6.07, 6.45) is 0. The third-order valence-electron chi connectivity index (χ3n) is 3.01. The van der Waals surface area contributed by atoms with Crippen molar-refractivity contribution in [3.05, 3.63) is 53.1 Å². The number of rotatable bonds is 5. The van der Waals surface area contributed by atoms with E-state index in [9.17, 15) is 13.2 Å². The van der Waals surface area contributed by atoms with Crippen molar-refractivity contribution in [3.63, 3.8) is 0 Å². The minimum absolute atomic E-state index is 0.0523. The van der Waals surface area contributed by atoms with Gasteiger partial charge in [-0.3, -0.25) is 4.79 Å². The second-order valence-corrected chi connectivity index (χ2v) is 6.93. The summed E-state index contributed by atoms with van der Waals surface area (Å²) in [6, 6.07) is 11.5. The average molecular weight is 354 g/mol. The SMILES string of the molecule is Cc1cccc(NCC(=O)Nc2ccc(S(N)(=O)=O)cc2Cl)c1. The minimum Gasteiger partial charge on any atom is -0.376 e. The normalized spacial score (nSPS) is 11.1. The summed E-state index contributed by atoms with van der Waals surface area (Å²) in [5.74, 6) is -0.309. The molecule has 0 unspecified atom stereocenters. The predicted octanol–water partition coefficient (Wildman–Crippen LogP) is 2.35. The van der Waals surface area contributed by atoms with Crippen molar-refractivity contribution in [3.8, 4) is 0 Å². The molecule has 0 spiro atoms. The maximum Gasteiger partial charge on any atom is 0.243 e. The molecule has 0 aliphatic rings. The van der Waals surface area contributed by atoms with Crippen LogP contribution in [0.25, 0.3) is 0 Å². The molecule has 1 amide bonds. The molecule has 0 saturated carbocycles. The summed E-state index contributed by atoms with van der Waals surface area (Å²) in [4.78, 5) is 11.8.